The first-order chi connectivity index (χ1) is 18.5. The molecule has 1 aromatic heterocycles. The van der Waals surface area contributed by atoms with Crippen LogP contribution < -0.4 is 15.0 Å². The summed E-state index contributed by atoms with van der Waals surface area (Å²) in [6, 6.07) is 12.1. The first kappa shape index (κ1) is 35.4. The molecule has 7 heteroatoms. The minimum absolute atomic E-state index is 0.628. The van der Waals surface area contributed by atoms with E-state index >= 15 is 0 Å². The molecule has 0 bridgehead atoms. The van der Waals surface area contributed by atoms with Gasteiger partial charge in [-0.3, -0.25) is 4.90 Å². The summed E-state index contributed by atoms with van der Waals surface area (Å²) in [6.07, 6.45) is 2.26. The minimum Gasteiger partial charge on any atom is -0.476 e. The summed E-state index contributed by atoms with van der Waals surface area (Å²) in [5, 5.41) is 10.5. The number of morpholine rings is 1. The molecule has 0 atom stereocenters. The largest absolute Gasteiger partial charge is 0.476 e. The summed E-state index contributed by atoms with van der Waals surface area (Å²) in [7, 11) is 1.90. The number of aryl methyl sites for hydroxylation is 1. The molecule has 216 valence electrons. The Morgan fingerprint density at radius 3 is 2.18 bits per heavy atom. The summed E-state index contributed by atoms with van der Waals surface area (Å²) < 4.78 is 11.3. The molecule has 0 radical (unpaired) electrons. The van der Waals surface area contributed by atoms with Crippen molar-refractivity contribution in [3.05, 3.63) is 47.5 Å². The zero-order chi connectivity index (χ0) is 28.8. The third kappa shape index (κ3) is 14.3. The second-order valence-electron chi connectivity index (χ2n) is 8.58. The Morgan fingerprint density at radius 2 is 1.68 bits per heavy atom. The van der Waals surface area contributed by atoms with Gasteiger partial charge in [-0.05, 0) is 32.3 Å². The van der Waals surface area contributed by atoms with E-state index < -0.39 is 0 Å². The average molecular weight is 530 g/mol. The van der Waals surface area contributed by atoms with E-state index in [2.05, 4.69) is 46.1 Å². The number of benzene rings is 1. The molecule has 7 nitrogen and oxygen atoms in total. The van der Waals surface area contributed by atoms with Gasteiger partial charge >= 0.3 is 0 Å². The lowest BCUT2D eigenvalue weighted by Crippen LogP contribution is -2.38. The molecule has 2 heterocycles. The normalized spacial score (nSPS) is 12.4. The van der Waals surface area contributed by atoms with Crippen LogP contribution in [0.1, 0.15) is 72.4 Å². The van der Waals surface area contributed by atoms with Gasteiger partial charge in [-0.2, -0.15) is 4.98 Å². The number of aromatic nitrogens is 1. The van der Waals surface area contributed by atoms with Crippen LogP contribution in [0, 0.1) is 12.3 Å². The Balaban J connectivity index is 0.000000813. The molecule has 0 amide bonds. The molecule has 1 aliphatic rings. The van der Waals surface area contributed by atoms with Crippen LogP contribution in [-0.4, -0.2) is 75.2 Å². The third-order valence-electron chi connectivity index (χ3n) is 5.61. The highest BCUT2D eigenvalue weighted by atomic mass is 16.5. The standard InChI is InChI=1S/C18H32N4O2.C9H11N.2C2H6/c1-4-6-22(7-5-2)16-14-17(19-3)20-18(15-16)24-13-10-21-8-11-23-12-9-21;1-7-4-3-5-9(6-7)8(2)10;2*1-2/h14-15H,4-13H2,1-3H3,(H,19,20);3-6,10H,1-2H3;2*1-2H3. The topological polar surface area (TPSA) is 73.7 Å². The van der Waals surface area contributed by atoms with Gasteiger partial charge in [0.05, 0.1) is 13.2 Å². The van der Waals surface area contributed by atoms with Gasteiger partial charge in [0.25, 0.3) is 0 Å². The van der Waals surface area contributed by atoms with Crippen LogP contribution in [0.2, 0.25) is 0 Å². The van der Waals surface area contributed by atoms with E-state index in [1.807, 2.05) is 65.9 Å². The maximum Gasteiger partial charge on any atom is 0.217 e. The number of hydrogen-bond acceptors (Lipinski definition) is 7. The summed E-state index contributed by atoms with van der Waals surface area (Å²) in [4.78, 5) is 9.30. The number of rotatable bonds is 11. The fourth-order valence-corrected chi connectivity index (χ4v) is 3.77. The molecule has 3 rings (SSSR count). The molecule has 1 aromatic carbocycles. The molecular formula is C31H55N5O2. The zero-order valence-corrected chi connectivity index (χ0v) is 25.7. The molecule has 2 N–H and O–H groups in total. The SMILES string of the molecule is CC.CC.CC(=N)c1cccc(C)c1.CCCN(CCC)c1cc(NC)nc(OCCN2CCOCC2)c1. The van der Waals surface area contributed by atoms with Crippen LogP contribution in [0.4, 0.5) is 11.5 Å². The van der Waals surface area contributed by atoms with Crippen molar-refractivity contribution >= 4 is 17.2 Å². The Morgan fingerprint density at radius 1 is 1.05 bits per heavy atom. The van der Waals surface area contributed by atoms with Crippen molar-refractivity contribution in [1.82, 2.24) is 9.88 Å². The van der Waals surface area contributed by atoms with Crippen LogP contribution in [-0.2, 0) is 4.74 Å². The van der Waals surface area contributed by atoms with Crippen molar-refractivity contribution in [2.24, 2.45) is 0 Å². The summed E-state index contributed by atoms with van der Waals surface area (Å²) in [6.45, 7) is 23.5. The lowest BCUT2D eigenvalue weighted by Gasteiger charge is -2.27. The Labute approximate surface area is 233 Å². The van der Waals surface area contributed by atoms with Gasteiger partial charge in [0.2, 0.25) is 5.88 Å². The van der Waals surface area contributed by atoms with Crippen molar-refractivity contribution in [1.29, 1.82) is 5.41 Å². The molecular weight excluding hydrogens is 474 g/mol. The van der Waals surface area contributed by atoms with E-state index in [0.29, 0.717) is 18.2 Å². The average Bonchev–Trinajstić information content (AvgIpc) is 2.96. The van der Waals surface area contributed by atoms with Gasteiger partial charge in [0, 0.05) is 63.3 Å². The van der Waals surface area contributed by atoms with Gasteiger partial charge in [-0.15, -0.1) is 0 Å². The number of anilines is 2. The maximum absolute atomic E-state index is 7.33. The smallest absolute Gasteiger partial charge is 0.217 e. The number of pyridine rings is 1. The molecule has 0 spiro atoms. The summed E-state index contributed by atoms with van der Waals surface area (Å²) in [5.41, 5.74) is 4.03. The fraction of sp³-hybridized carbons (Fsp3) is 0.613. The second-order valence-corrected chi connectivity index (χ2v) is 8.58. The van der Waals surface area contributed by atoms with Gasteiger partial charge in [0.15, 0.2) is 0 Å². The Bertz CT molecular complexity index is 863. The molecule has 0 saturated carbocycles. The molecule has 1 saturated heterocycles. The highest BCUT2D eigenvalue weighted by Gasteiger charge is 2.12. The molecule has 2 aromatic rings. The van der Waals surface area contributed by atoms with Gasteiger partial charge in [-0.25, -0.2) is 0 Å². The van der Waals surface area contributed by atoms with Crippen molar-refractivity contribution < 1.29 is 9.47 Å². The lowest BCUT2D eigenvalue weighted by molar-refractivity contribution is 0.0320. The predicted molar refractivity (Wildman–Crippen MR) is 166 cm³/mol. The first-order valence-corrected chi connectivity index (χ1v) is 14.5. The second kappa shape index (κ2) is 22.4. The zero-order valence-electron chi connectivity index (χ0n) is 25.7. The summed E-state index contributed by atoms with van der Waals surface area (Å²) in [5.74, 6) is 1.55. The molecule has 0 unspecified atom stereocenters. The highest BCUT2D eigenvalue weighted by Crippen LogP contribution is 2.24. The van der Waals surface area contributed by atoms with Crippen molar-refractivity contribution in [2.45, 2.75) is 68.2 Å². The van der Waals surface area contributed by atoms with E-state index in [0.717, 1.165) is 70.2 Å². The number of nitrogens with one attached hydrogen (secondary N) is 2. The van der Waals surface area contributed by atoms with Gasteiger partial charge in [-0.1, -0.05) is 71.4 Å². The minimum atomic E-state index is 0.628. The molecule has 38 heavy (non-hydrogen) atoms. The predicted octanol–water partition coefficient (Wildman–Crippen LogP) is 6.90. The van der Waals surface area contributed by atoms with Crippen LogP contribution in [0.15, 0.2) is 36.4 Å². The van der Waals surface area contributed by atoms with Crippen LogP contribution in [0.5, 0.6) is 5.88 Å². The Kier molecular flexibility index (Phi) is 20.8. The molecule has 0 aliphatic carbocycles. The van der Waals surface area contributed by atoms with Crippen LogP contribution >= 0.6 is 0 Å². The molecule has 1 aliphatic heterocycles. The van der Waals surface area contributed by atoms with Crippen LogP contribution in [0.3, 0.4) is 0 Å². The van der Waals surface area contributed by atoms with E-state index in [-0.39, 0.29) is 0 Å². The maximum atomic E-state index is 7.33. The third-order valence-corrected chi connectivity index (χ3v) is 5.61. The van der Waals surface area contributed by atoms with Crippen molar-refractivity contribution in [3.63, 3.8) is 0 Å². The molecule has 1 fully saturated rings. The van der Waals surface area contributed by atoms with Gasteiger partial charge in [0.1, 0.15) is 12.4 Å². The quantitative estimate of drug-likeness (QED) is 0.309. The first-order valence-electron chi connectivity index (χ1n) is 14.5. The van der Waals surface area contributed by atoms with Crippen LogP contribution in [0.25, 0.3) is 0 Å². The Hall–Kier alpha value is -2.64. The van der Waals surface area contributed by atoms with E-state index in [1.165, 1.54) is 11.3 Å². The summed E-state index contributed by atoms with van der Waals surface area (Å²) >= 11 is 0. The number of ether oxygens (including phenoxy) is 2. The van der Waals surface area contributed by atoms with Crippen molar-refractivity contribution in [2.75, 3.05) is 69.8 Å². The van der Waals surface area contributed by atoms with Crippen molar-refractivity contribution in [3.8, 4) is 5.88 Å². The fourth-order valence-electron chi connectivity index (χ4n) is 3.77. The van der Waals surface area contributed by atoms with Gasteiger partial charge < -0.3 is 25.1 Å². The number of hydrogen-bond donors (Lipinski definition) is 2. The monoisotopic (exact) mass is 529 g/mol. The number of nitrogens with zero attached hydrogens (tertiary/aromatic N) is 3. The highest BCUT2D eigenvalue weighted by molar-refractivity contribution is 5.96. The van der Waals surface area contributed by atoms with E-state index in [9.17, 15) is 0 Å². The van der Waals surface area contributed by atoms with E-state index in [1.54, 1.807) is 6.92 Å². The lowest BCUT2D eigenvalue weighted by atomic mass is 10.1. The van der Waals surface area contributed by atoms with E-state index in [4.69, 9.17) is 14.9 Å².